The molecule has 5 heteroatoms. The van der Waals surface area contributed by atoms with Crippen LogP contribution >= 0.6 is 0 Å². The molecule has 0 aliphatic heterocycles. The molecular weight excluding hydrogens is 909 g/mol. The Morgan fingerprint density at radius 1 is 0.824 bits per heavy atom. The van der Waals surface area contributed by atoms with Crippen molar-refractivity contribution in [1.29, 1.82) is 0 Å². The van der Waals surface area contributed by atoms with Gasteiger partial charge in [-0.25, -0.2) is 0 Å². The third kappa shape index (κ3) is 7.08. The second-order valence-electron chi connectivity index (χ2n) is 27.3. The van der Waals surface area contributed by atoms with Crippen LogP contribution in [0.2, 0.25) is 0 Å². The molecule has 0 heterocycles. The molecule has 3 aromatic carbocycles. The van der Waals surface area contributed by atoms with Gasteiger partial charge in [0.05, 0.1) is 18.1 Å². The van der Waals surface area contributed by atoms with Crippen molar-refractivity contribution in [3.63, 3.8) is 0 Å². The van der Waals surface area contributed by atoms with E-state index >= 15 is 0 Å². The van der Waals surface area contributed by atoms with Crippen LogP contribution in [0, 0.1) is 73.9 Å². The third-order valence-electron chi connectivity index (χ3n) is 24.2. The highest BCUT2D eigenvalue weighted by molar-refractivity contribution is 5.77. The number of benzene rings is 3. The molecule has 1 spiro atoms. The molecule has 5 fully saturated rings. The third-order valence-corrected chi connectivity index (χ3v) is 24.2. The average Bonchev–Trinajstić information content (AvgIpc) is 4.20. The molecule has 2 bridgehead atoms. The number of aromatic hydroxyl groups is 1. The minimum Gasteiger partial charge on any atom is -0.508 e. The van der Waals surface area contributed by atoms with E-state index in [4.69, 9.17) is 0 Å². The summed E-state index contributed by atoms with van der Waals surface area (Å²) in [5.74, 6) is 0.327. The maximum atomic E-state index is 14.1. The fourth-order valence-electron chi connectivity index (χ4n) is 21.1. The lowest BCUT2D eigenvalue weighted by Gasteiger charge is -2.73. The molecule has 0 radical (unpaired) electrons. The van der Waals surface area contributed by atoms with Gasteiger partial charge in [-0.1, -0.05) is 161 Å². The summed E-state index contributed by atoms with van der Waals surface area (Å²) in [5.41, 5.74) is 9.63. The monoisotopic (exact) mass is 993 g/mol. The summed E-state index contributed by atoms with van der Waals surface area (Å²) in [6.07, 6.45) is 32.7. The Labute approximate surface area is 441 Å². The molecule has 5 saturated carbocycles. The molecule has 5 nitrogen and oxygen atoms in total. The number of rotatable bonds is 11. The Kier molecular flexibility index (Phi) is 11.8. The van der Waals surface area contributed by atoms with Gasteiger partial charge in [0.1, 0.15) is 5.75 Å². The lowest BCUT2D eigenvalue weighted by atomic mass is 9.30. The van der Waals surface area contributed by atoms with Gasteiger partial charge in [0.15, 0.2) is 0 Å². The predicted octanol–water partition coefficient (Wildman–Crippen LogP) is 14.0. The van der Waals surface area contributed by atoms with Gasteiger partial charge in [0, 0.05) is 33.5 Å². The first-order valence-electron chi connectivity index (χ1n) is 29.7. The summed E-state index contributed by atoms with van der Waals surface area (Å²) >= 11 is 0. The number of aliphatic hydroxyl groups excluding tert-OH is 2. The fourth-order valence-corrected chi connectivity index (χ4v) is 21.1. The summed E-state index contributed by atoms with van der Waals surface area (Å²) < 4.78 is 0. The van der Waals surface area contributed by atoms with Crippen molar-refractivity contribution in [3.05, 3.63) is 136 Å². The van der Waals surface area contributed by atoms with E-state index in [-0.39, 0.29) is 50.6 Å². The number of carbonyl (C=O) groups is 1. The Bertz CT molecular complexity index is 2980. The molecule has 13 rings (SSSR count). The van der Waals surface area contributed by atoms with Gasteiger partial charge in [-0.05, 0) is 194 Å². The van der Waals surface area contributed by atoms with Crippen LogP contribution in [0.4, 0.5) is 0 Å². The predicted molar refractivity (Wildman–Crippen MR) is 297 cm³/mol. The first-order valence-corrected chi connectivity index (χ1v) is 29.7. The second-order valence-corrected chi connectivity index (χ2v) is 27.3. The van der Waals surface area contributed by atoms with Gasteiger partial charge >= 0.3 is 5.97 Å². The van der Waals surface area contributed by atoms with Crippen molar-refractivity contribution in [1.82, 2.24) is 0 Å². The SMILES string of the molecule is C=C(CCC(C(=O)O)C1C(O)CC2(C3CCC4(CCCC4)C3)C3=C(CCC12C)C12CCC(O)C4(C)CC=CC(C=C5C(Cc6cccc(-c7ccc(O)cc7)c6)=c6ccccc6=CC51)(C3)C42)C(C)C1CCCCC1. The van der Waals surface area contributed by atoms with Gasteiger partial charge in [-0.3, -0.25) is 4.79 Å². The van der Waals surface area contributed by atoms with Crippen LogP contribution in [-0.4, -0.2) is 38.6 Å². The zero-order valence-corrected chi connectivity index (χ0v) is 44.9. The number of hydrogen-bond acceptors (Lipinski definition) is 4. The number of fused-ring (bicyclic) bond motifs is 4. The van der Waals surface area contributed by atoms with Crippen molar-refractivity contribution in [2.75, 3.05) is 0 Å². The normalized spacial score (nSPS) is 38.2. The highest BCUT2D eigenvalue weighted by Gasteiger charge is 2.76. The van der Waals surface area contributed by atoms with Crippen LogP contribution in [-0.2, 0) is 11.2 Å². The molecule has 10 aliphatic rings. The summed E-state index contributed by atoms with van der Waals surface area (Å²) in [6, 6.07) is 25.7. The lowest BCUT2D eigenvalue weighted by Crippen LogP contribution is -2.68. The number of allylic oxidation sites excluding steroid dienone is 7. The molecule has 0 amide bonds. The smallest absolute Gasteiger partial charge is 0.306 e. The largest absolute Gasteiger partial charge is 0.508 e. The average molecular weight is 993 g/mol. The molecule has 3 aromatic rings. The zero-order valence-electron chi connectivity index (χ0n) is 44.9. The Morgan fingerprint density at radius 2 is 1.61 bits per heavy atom. The Hall–Kier alpha value is -4.45. The summed E-state index contributed by atoms with van der Waals surface area (Å²) in [6.45, 7) is 12.0. The summed E-state index contributed by atoms with van der Waals surface area (Å²) in [7, 11) is 0. The number of phenols is 1. The highest BCUT2D eigenvalue weighted by atomic mass is 16.4. The van der Waals surface area contributed by atoms with Crippen LogP contribution in [0.5, 0.6) is 5.75 Å². The van der Waals surface area contributed by atoms with E-state index in [1.54, 1.807) is 23.3 Å². The maximum Gasteiger partial charge on any atom is 0.306 e. The first kappa shape index (κ1) is 49.1. The van der Waals surface area contributed by atoms with Gasteiger partial charge in [-0.15, -0.1) is 0 Å². The number of aliphatic carboxylic acids is 1. The number of carboxylic acids is 1. The molecule has 390 valence electrons. The van der Waals surface area contributed by atoms with E-state index in [9.17, 15) is 25.2 Å². The van der Waals surface area contributed by atoms with Crippen LogP contribution in [0.1, 0.15) is 161 Å². The molecule has 13 atom stereocenters. The van der Waals surface area contributed by atoms with E-state index < -0.39 is 24.1 Å². The van der Waals surface area contributed by atoms with E-state index in [0.717, 1.165) is 56.1 Å². The van der Waals surface area contributed by atoms with Crippen molar-refractivity contribution < 1.29 is 25.2 Å². The van der Waals surface area contributed by atoms with E-state index in [2.05, 4.69) is 100 Å². The van der Waals surface area contributed by atoms with Crippen LogP contribution in [0.25, 0.3) is 22.8 Å². The molecule has 0 saturated heterocycles. The first-order chi connectivity index (χ1) is 35.7. The van der Waals surface area contributed by atoms with E-state index in [1.807, 2.05) is 12.1 Å². The summed E-state index contributed by atoms with van der Waals surface area (Å²) in [4.78, 5) is 14.1. The molecule has 4 N–H and O–H groups in total. The van der Waals surface area contributed by atoms with E-state index in [1.165, 1.54) is 110 Å². The second kappa shape index (κ2) is 17.8. The molecule has 13 unspecified atom stereocenters. The fraction of sp³-hybridized carbons (Fsp3) is 0.580. The quantitative estimate of drug-likeness (QED) is 0.144. The van der Waals surface area contributed by atoms with Gasteiger partial charge in [0.2, 0.25) is 0 Å². The maximum absolute atomic E-state index is 14.1. The standard InChI is InChI=1S/C69H84O5/c1-43(44(2)46-15-6-5-7-16-46)20-25-53(62(73)74)61-59(71)42-69(50-26-34-66(39-50)30-10-11-31-66)58-41-67-32-13-29-64(3)60(72)28-35-68(63(64)67,56(58)27-33-65(61,69)4)57-38-49-17-8-9-19-52(49)54(55(57)40-67)37-45-14-12-18-48(36-45)47-21-23-51(70)24-22-47/h8-9,12-14,17-19,21-24,32,36,38,40,44,46,50,53,57,59-61,63,70-72H,1,5-7,10-11,15-16,20,25-31,33-35,37,39,41-42H2,2-4H3,(H,73,74). The topological polar surface area (TPSA) is 98.0 Å². The molecule has 10 aliphatic carbocycles. The molecule has 74 heavy (non-hydrogen) atoms. The zero-order chi connectivity index (χ0) is 51.0. The van der Waals surface area contributed by atoms with Crippen LogP contribution < -0.4 is 10.4 Å². The molecular formula is C69H84O5. The van der Waals surface area contributed by atoms with E-state index in [0.29, 0.717) is 42.4 Å². The van der Waals surface area contributed by atoms with Gasteiger partial charge < -0.3 is 20.4 Å². The number of hydrogen-bond donors (Lipinski definition) is 4. The van der Waals surface area contributed by atoms with Crippen molar-refractivity contribution in [2.24, 2.45) is 73.9 Å². The Balaban J connectivity index is 0.970. The lowest BCUT2D eigenvalue weighted by molar-refractivity contribution is -0.163. The van der Waals surface area contributed by atoms with Gasteiger partial charge in [-0.2, -0.15) is 0 Å². The number of phenolic OH excluding ortho intramolecular Hbond substituents is 1. The minimum absolute atomic E-state index is 0.117. The molecule has 0 aromatic heterocycles. The van der Waals surface area contributed by atoms with Crippen molar-refractivity contribution in [2.45, 2.75) is 174 Å². The number of aliphatic hydroxyl groups is 2. The van der Waals surface area contributed by atoms with Crippen molar-refractivity contribution >= 4 is 17.6 Å². The Morgan fingerprint density at radius 3 is 2.39 bits per heavy atom. The summed E-state index contributed by atoms with van der Waals surface area (Å²) in [5, 5.41) is 50.1. The minimum atomic E-state index is -0.729. The van der Waals surface area contributed by atoms with Crippen molar-refractivity contribution in [3.8, 4) is 16.9 Å². The highest BCUT2D eigenvalue weighted by Crippen LogP contribution is 2.82. The number of carboxylic acid groups (broad SMARTS) is 1. The van der Waals surface area contributed by atoms with Crippen LogP contribution in [0.15, 0.2) is 120 Å². The van der Waals surface area contributed by atoms with Gasteiger partial charge in [0.25, 0.3) is 0 Å². The van der Waals surface area contributed by atoms with Crippen LogP contribution in [0.3, 0.4) is 0 Å².